The van der Waals surface area contributed by atoms with E-state index in [1.807, 2.05) is 24.3 Å². The van der Waals surface area contributed by atoms with Crippen LogP contribution >= 0.6 is 0 Å². The molecule has 0 heterocycles. The Bertz CT molecular complexity index is 864. The zero-order valence-electron chi connectivity index (χ0n) is 17.2. The van der Waals surface area contributed by atoms with Gasteiger partial charge in [-0.05, 0) is 42.2 Å². The molecular weight excluding hydrogens is 352 g/mol. The molecule has 0 unspecified atom stereocenters. The lowest BCUT2D eigenvalue weighted by Crippen LogP contribution is -2.32. The van der Waals surface area contributed by atoms with E-state index in [0.29, 0.717) is 11.3 Å². The van der Waals surface area contributed by atoms with Crippen molar-refractivity contribution in [1.29, 1.82) is 0 Å². The van der Waals surface area contributed by atoms with E-state index in [1.54, 1.807) is 24.3 Å². The molecule has 0 saturated heterocycles. The molecule has 2 aromatic carbocycles. The summed E-state index contributed by atoms with van der Waals surface area (Å²) in [6.45, 7) is 9.58. The van der Waals surface area contributed by atoms with Crippen molar-refractivity contribution in [1.82, 2.24) is 0 Å². The molecule has 0 radical (unpaired) electrons. The summed E-state index contributed by atoms with van der Waals surface area (Å²) >= 11 is 0. The maximum Gasteiger partial charge on any atom is 0.226 e. The number of Topliss-reactive ketones (excluding diaryl/α,β-unsaturated/α-hetero) is 1. The van der Waals surface area contributed by atoms with Crippen LogP contribution in [-0.2, 0) is 15.0 Å². The number of nitrogens with one attached hydrogen (secondary N) is 1. The number of amides is 2. The Morgan fingerprint density at radius 1 is 0.964 bits per heavy atom. The monoisotopic (exact) mass is 380 g/mol. The van der Waals surface area contributed by atoms with E-state index in [9.17, 15) is 14.4 Å². The van der Waals surface area contributed by atoms with Gasteiger partial charge < -0.3 is 10.2 Å². The number of benzene rings is 2. The molecular formula is C23H28N2O3. The zero-order valence-corrected chi connectivity index (χ0v) is 17.2. The third-order valence-corrected chi connectivity index (χ3v) is 4.54. The molecule has 5 nitrogen and oxygen atoms in total. The van der Waals surface area contributed by atoms with Crippen LogP contribution < -0.4 is 10.2 Å². The van der Waals surface area contributed by atoms with E-state index < -0.39 is 0 Å². The van der Waals surface area contributed by atoms with Crippen LogP contribution in [0.4, 0.5) is 11.4 Å². The molecule has 0 spiro atoms. The minimum Gasteiger partial charge on any atom is -0.326 e. The third-order valence-electron chi connectivity index (χ3n) is 4.54. The van der Waals surface area contributed by atoms with Crippen LogP contribution in [0, 0.1) is 0 Å². The van der Waals surface area contributed by atoms with Crippen molar-refractivity contribution < 1.29 is 14.4 Å². The summed E-state index contributed by atoms with van der Waals surface area (Å²) in [5.41, 5.74) is 3.12. The Balaban J connectivity index is 2.02. The fourth-order valence-corrected chi connectivity index (χ4v) is 2.85. The van der Waals surface area contributed by atoms with Gasteiger partial charge in [0.25, 0.3) is 0 Å². The lowest BCUT2D eigenvalue weighted by atomic mass is 9.87. The Labute approximate surface area is 166 Å². The first-order chi connectivity index (χ1) is 13.1. The molecule has 0 saturated carbocycles. The van der Waals surface area contributed by atoms with Crippen molar-refractivity contribution in [3.8, 4) is 0 Å². The molecule has 0 aliphatic rings. The summed E-state index contributed by atoms with van der Waals surface area (Å²) in [5.74, 6) is -0.415. The Morgan fingerprint density at radius 3 is 2.14 bits per heavy atom. The van der Waals surface area contributed by atoms with Crippen LogP contribution in [0.1, 0.15) is 57.0 Å². The van der Waals surface area contributed by atoms with Gasteiger partial charge in [-0.25, -0.2) is 0 Å². The molecule has 0 aliphatic carbocycles. The normalized spacial score (nSPS) is 11.0. The van der Waals surface area contributed by atoms with Gasteiger partial charge in [-0.15, -0.1) is 0 Å². The van der Waals surface area contributed by atoms with Crippen molar-refractivity contribution in [2.24, 2.45) is 0 Å². The molecule has 28 heavy (non-hydrogen) atoms. The molecule has 0 bridgehead atoms. The van der Waals surface area contributed by atoms with Gasteiger partial charge in [0.1, 0.15) is 0 Å². The number of carbonyl (C=O) groups excluding carboxylic acids is 3. The quantitative estimate of drug-likeness (QED) is 0.747. The van der Waals surface area contributed by atoms with Crippen molar-refractivity contribution in [3.05, 3.63) is 59.7 Å². The van der Waals surface area contributed by atoms with Crippen LogP contribution in [0.25, 0.3) is 0 Å². The number of carbonyl (C=O) groups is 3. The molecule has 2 rings (SSSR count). The predicted octanol–water partition coefficient (Wildman–Crippen LogP) is 4.57. The highest BCUT2D eigenvalue weighted by atomic mass is 16.2. The molecule has 148 valence electrons. The molecule has 0 atom stereocenters. The molecule has 2 amide bonds. The van der Waals surface area contributed by atoms with Crippen molar-refractivity contribution in [2.75, 3.05) is 16.8 Å². The van der Waals surface area contributed by atoms with Gasteiger partial charge in [-0.1, -0.05) is 45.0 Å². The molecule has 1 N–H and O–H groups in total. The van der Waals surface area contributed by atoms with Crippen molar-refractivity contribution in [3.63, 3.8) is 0 Å². The Kier molecular flexibility index (Phi) is 6.73. The number of nitrogens with zero attached hydrogens (tertiary/aromatic N) is 1. The molecule has 2 aromatic rings. The average molecular weight is 380 g/mol. The minimum absolute atomic E-state index is 0.0545. The first-order valence-corrected chi connectivity index (χ1v) is 9.37. The Hall–Kier alpha value is -2.95. The fourth-order valence-electron chi connectivity index (χ4n) is 2.85. The molecule has 0 aromatic heterocycles. The van der Waals surface area contributed by atoms with Crippen LogP contribution in [0.2, 0.25) is 0 Å². The van der Waals surface area contributed by atoms with Crippen molar-refractivity contribution in [2.45, 2.75) is 46.5 Å². The maximum atomic E-state index is 12.3. The Morgan fingerprint density at radius 2 is 1.61 bits per heavy atom. The van der Waals surface area contributed by atoms with Crippen molar-refractivity contribution >= 4 is 29.0 Å². The largest absolute Gasteiger partial charge is 0.326 e. The molecule has 0 fully saturated rings. The van der Waals surface area contributed by atoms with Gasteiger partial charge >= 0.3 is 0 Å². The SMILES string of the molecule is CC(=O)c1cccc(N(CCC(=O)Nc2ccc(C(C)(C)C)cc2)C(C)=O)c1. The standard InChI is InChI=1S/C23H28N2O3/c1-16(26)18-7-6-8-21(15-18)25(17(2)27)14-13-22(28)24-20-11-9-19(10-12-20)23(3,4)5/h6-12,15H,13-14H2,1-5H3,(H,24,28). The average Bonchev–Trinajstić information content (AvgIpc) is 2.61. The van der Waals surface area contributed by atoms with E-state index in [0.717, 1.165) is 5.69 Å². The first kappa shape index (κ1) is 21.4. The number of ketones is 1. The highest BCUT2D eigenvalue weighted by Crippen LogP contribution is 2.23. The fraction of sp³-hybridized carbons (Fsp3) is 0.348. The van der Waals surface area contributed by atoms with Gasteiger partial charge in [0.15, 0.2) is 5.78 Å². The van der Waals surface area contributed by atoms with Crippen LogP contribution in [0.15, 0.2) is 48.5 Å². The maximum absolute atomic E-state index is 12.3. The van der Waals surface area contributed by atoms with E-state index >= 15 is 0 Å². The van der Waals surface area contributed by atoms with Gasteiger partial charge in [0.05, 0.1) is 0 Å². The van der Waals surface area contributed by atoms with Crippen LogP contribution in [-0.4, -0.2) is 24.1 Å². The summed E-state index contributed by atoms with van der Waals surface area (Å²) in [4.78, 5) is 37.4. The summed E-state index contributed by atoms with van der Waals surface area (Å²) in [7, 11) is 0. The topological polar surface area (TPSA) is 66.5 Å². The first-order valence-electron chi connectivity index (χ1n) is 9.37. The number of hydrogen-bond donors (Lipinski definition) is 1. The smallest absolute Gasteiger partial charge is 0.226 e. The second-order valence-corrected chi connectivity index (χ2v) is 7.90. The number of hydrogen-bond acceptors (Lipinski definition) is 3. The van der Waals surface area contributed by atoms with Gasteiger partial charge in [0, 0.05) is 36.8 Å². The minimum atomic E-state index is -0.178. The van der Waals surface area contributed by atoms with E-state index in [2.05, 4.69) is 26.1 Å². The highest BCUT2D eigenvalue weighted by Gasteiger charge is 2.16. The van der Waals surface area contributed by atoms with E-state index in [1.165, 1.54) is 24.3 Å². The number of rotatable bonds is 6. The third kappa shape index (κ3) is 5.78. The highest BCUT2D eigenvalue weighted by molar-refractivity contribution is 5.98. The van der Waals surface area contributed by atoms with E-state index in [-0.39, 0.29) is 36.0 Å². The van der Waals surface area contributed by atoms with Crippen LogP contribution in [0.5, 0.6) is 0 Å². The lowest BCUT2D eigenvalue weighted by molar-refractivity contribution is -0.117. The molecule has 0 aliphatic heterocycles. The summed E-state index contributed by atoms with van der Waals surface area (Å²) in [5, 5.41) is 2.86. The summed E-state index contributed by atoms with van der Waals surface area (Å²) in [6.07, 6.45) is 0.158. The van der Waals surface area contributed by atoms with Gasteiger partial charge in [-0.3, -0.25) is 14.4 Å². The second-order valence-electron chi connectivity index (χ2n) is 7.90. The summed E-state index contributed by atoms with van der Waals surface area (Å²) < 4.78 is 0. The van der Waals surface area contributed by atoms with Gasteiger partial charge in [0.2, 0.25) is 11.8 Å². The summed E-state index contributed by atoms with van der Waals surface area (Å²) in [6, 6.07) is 14.7. The van der Waals surface area contributed by atoms with Crippen LogP contribution in [0.3, 0.4) is 0 Å². The van der Waals surface area contributed by atoms with E-state index in [4.69, 9.17) is 0 Å². The zero-order chi connectivity index (χ0) is 20.9. The molecule has 5 heteroatoms. The lowest BCUT2D eigenvalue weighted by Gasteiger charge is -2.21. The predicted molar refractivity (Wildman–Crippen MR) is 113 cm³/mol. The number of anilines is 2. The van der Waals surface area contributed by atoms with Gasteiger partial charge in [-0.2, -0.15) is 0 Å². The second kappa shape index (κ2) is 8.83.